The fourth-order valence-corrected chi connectivity index (χ4v) is 1.73. The molecule has 2 N–H and O–H groups in total. The molecule has 20 heavy (non-hydrogen) atoms. The quantitative estimate of drug-likeness (QED) is 0.880. The first kappa shape index (κ1) is 14.3. The van der Waals surface area contributed by atoms with Crippen LogP contribution < -0.4 is 15.4 Å². The molecule has 0 radical (unpaired) electrons. The van der Waals surface area contributed by atoms with Crippen LogP contribution in [0.5, 0.6) is 5.75 Å². The summed E-state index contributed by atoms with van der Waals surface area (Å²) in [6, 6.07) is 5.09. The molecule has 1 atom stereocenters. The molecule has 1 aliphatic rings. The summed E-state index contributed by atoms with van der Waals surface area (Å²) < 4.78 is 10.6. The molecule has 1 aromatic carbocycles. The number of hydrogen-bond donors (Lipinski definition) is 2. The first-order valence-corrected chi connectivity index (χ1v) is 6.48. The van der Waals surface area contributed by atoms with E-state index in [2.05, 4.69) is 10.6 Å². The fraction of sp³-hybridized carbons (Fsp3) is 0.429. The molecule has 0 fully saturated rings. The van der Waals surface area contributed by atoms with Gasteiger partial charge in [-0.25, -0.2) is 0 Å². The molecule has 0 bridgehead atoms. The van der Waals surface area contributed by atoms with Crippen LogP contribution in [-0.2, 0) is 14.3 Å². The predicted octanol–water partition coefficient (Wildman–Crippen LogP) is 1.77. The number of anilines is 2. The van der Waals surface area contributed by atoms with Crippen LogP contribution in [0.4, 0.5) is 11.4 Å². The van der Waals surface area contributed by atoms with Gasteiger partial charge in [-0.2, -0.15) is 0 Å². The largest absolute Gasteiger partial charge is 0.479 e. The number of hydrogen-bond acceptors (Lipinski definition) is 4. The zero-order valence-corrected chi connectivity index (χ0v) is 11.7. The summed E-state index contributed by atoms with van der Waals surface area (Å²) in [5, 5.41) is 5.43. The lowest BCUT2D eigenvalue weighted by molar-refractivity contribution is -0.123. The Balaban J connectivity index is 2.02. The number of amides is 2. The van der Waals surface area contributed by atoms with Crippen molar-refractivity contribution in [3.63, 3.8) is 0 Å². The van der Waals surface area contributed by atoms with Crippen molar-refractivity contribution in [3.8, 4) is 5.75 Å². The maximum Gasteiger partial charge on any atom is 0.265 e. The Morgan fingerprint density at radius 1 is 1.50 bits per heavy atom. The fourth-order valence-electron chi connectivity index (χ4n) is 1.73. The van der Waals surface area contributed by atoms with Crippen molar-refractivity contribution >= 4 is 23.2 Å². The molecular formula is C14H18N2O4. The average Bonchev–Trinajstić information content (AvgIpc) is 2.38. The number of fused-ring (bicyclic) bond motifs is 1. The standard InChI is InChI=1S/C14H18N2O4/c1-8(2)19-7-13(17)15-10-4-5-12-11(6-10)16-14(18)9(3)20-12/h4-6,8-9H,7H2,1-3H3,(H,15,17)(H,16,18). The molecule has 108 valence electrons. The van der Waals surface area contributed by atoms with Gasteiger partial charge in [0, 0.05) is 5.69 Å². The molecule has 1 unspecified atom stereocenters. The third kappa shape index (κ3) is 3.48. The summed E-state index contributed by atoms with van der Waals surface area (Å²) in [4.78, 5) is 23.2. The number of carbonyl (C=O) groups excluding carboxylic acids is 2. The molecule has 6 heteroatoms. The van der Waals surface area contributed by atoms with E-state index < -0.39 is 6.10 Å². The van der Waals surface area contributed by atoms with Crippen LogP contribution in [0, 0.1) is 0 Å². The van der Waals surface area contributed by atoms with Crippen LogP contribution in [0.3, 0.4) is 0 Å². The first-order chi connectivity index (χ1) is 9.45. The topological polar surface area (TPSA) is 76.7 Å². The molecule has 0 aromatic heterocycles. The van der Waals surface area contributed by atoms with Gasteiger partial charge in [-0.05, 0) is 39.0 Å². The van der Waals surface area contributed by atoms with Crippen LogP contribution in [0.25, 0.3) is 0 Å². The van der Waals surface area contributed by atoms with E-state index in [-0.39, 0.29) is 24.5 Å². The molecule has 0 saturated heterocycles. The third-order valence-corrected chi connectivity index (χ3v) is 2.74. The van der Waals surface area contributed by atoms with Gasteiger partial charge in [0.15, 0.2) is 6.10 Å². The molecule has 0 spiro atoms. The van der Waals surface area contributed by atoms with Gasteiger partial charge in [-0.15, -0.1) is 0 Å². The minimum absolute atomic E-state index is 0.00143. The Morgan fingerprint density at radius 2 is 2.25 bits per heavy atom. The zero-order chi connectivity index (χ0) is 14.7. The monoisotopic (exact) mass is 278 g/mol. The maximum absolute atomic E-state index is 11.6. The van der Waals surface area contributed by atoms with Crippen LogP contribution in [0.1, 0.15) is 20.8 Å². The highest BCUT2D eigenvalue weighted by Gasteiger charge is 2.23. The van der Waals surface area contributed by atoms with Gasteiger partial charge in [-0.1, -0.05) is 0 Å². The highest BCUT2D eigenvalue weighted by atomic mass is 16.5. The average molecular weight is 278 g/mol. The highest BCUT2D eigenvalue weighted by molar-refractivity contribution is 5.99. The van der Waals surface area contributed by atoms with E-state index in [0.717, 1.165) is 0 Å². The lowest BCUT2D eigenvalue weighted by Gasteiger charge is -2.23. The second-order valence-corrected chi connectivity index (χ2v) is 4.87. The Labute approximate surface area is 117 Å². The van der Waals surface area contributed by atoms with Crippen LogP contribution in [-0.4, -0.2) is 30.6 Å². The predicted molar refractivity (Wildman–Crippen MR) is 74.9 cm³/mol. The minimum atomic E-state index is -0.512. The van der Waals surface area contributed by atoms with Crippen molar-refractivity contribution in [3.05, 3.63) is 18.2 Å². The molecular weight excluding hydrogens is 260 g/mol. The summed E-state index contributed by atoms with van der Waals surface area (Å²) in [5.74, 6) is 0.146. The zero-order valence-electron chi connectivity index (χ0n) is 11.7. The summed E-state index contributed by atoms with van der Waals surface area (Å²) in [7, 11) is 0. The van der Waals surface area contributed by atoms with Crippen molar-refractivity contribution in [2.45, 2.75) is 33.0 Å². The molecule has 2 amide bonds. The normalized spacial score (nSPS) is 17.2. The van der Waals surface area contributed by atoms with Crippen LogP contribution in [0.2, 0.25) is 0 Å². The second kappa shape index (κ2) is 5.92. The van der Waals surface area contributed by atoms with Crippen molar-refractivity contribution in [1.82, 2.24) is 0 Å². The third-order valence-electron chi connectivity index (χ3n) is 2.74. The molecule has 1 heterocycles. The molecule has 6 nitrogen and oxygen atoms in total. The highest BCUT2D eigenvalue weighted by Crippen LogP contribution is 2.32. The van der Waals surface area contributed by atoms with E-state index in [1.165, 1.54) is 0 Å². The van der Waals surface area contributed by atoms with E-state index in [1.807, 2.05) is 13.8 Å². The minimum Gasteiger partial charge on any atom is -0.479 e. The Morgan fingerprint density at radius 3 is 2.95 bits per heavy atom. The van der Waals surface area contributed by atoms with Crippen molar-refractivity contribution in [2.24, 2.45) is 0 Å². The molecule has 1 aliphatic heterocycles. The number of rotatable bonds is 4. The van der Waals surface area contributed by atoms with E-state index in [9.17, 15) is 9.59 Å². The van der Waals surface area contributed by atoms with E-state index >= 15 is 0 Å². The Kier molecular flexibility index (Phi) is 4.24. The number of carbonyl (C=O) groups is 2. The second-order valence-electron chi connectivity index (χ2n) is 4.87. The maximum atomic E-state index is 11.6. The van der Waals surface area contributed by atoms with Gasteiger partial charge in [0.1, 0.15) is 12.4 Å². The number of nitrogens with one attached hydrogen (secondary N) is 2. The molecule has 0 saturated carbocycles. The summed E-state index contributed by atoms with van der Waals surface area (Å²) in [5.41, 5.74) is 1.13. The van der Waals surface area contributed by atoms with Crippen LogP contribution >= 0.6 is 0 Å². The SMILES string of the molecule is CC(C)OCC(=O)Nc1ccc2c(c1)NC(=O)C(C)O2. The van der Waals surface area contributed by atoms with Gasteiger partial charge in [-0.3, -0.25) is 9.59 Å². The lowest BCUT2D eigenvalue weighted by Crippen LogP contribution is -2.34. The summed E-state index contributed by atoms with van der Waals surface area (Å²) in [6.07, 6.45) is -0.513. The van der Waals surface area contributed by atoms with E-state index in [1.54, 1.807) is 25.1 Å². The first-order valence-electron chi connectivity index (χ1n) is 6.48. The van der Waals surface area contributed by atoms with Gasteiger partial charge in [0.25, 0.3) is 5.91 Å². The van der Waals surface area contributed by atoms with E-state index in [0.29, 0.717) is 17.1 Å². The van der Waals surface area contributed by atoms with Crippen molar-refractivity contribution in [2.75, 3.05) is 17.2 Å². The summed E-state index contributed by atoms with van der Waals surface area (Å²) in [6.45, 7) is 5.40. The number of ether oxygens (including phenoxy) is 2. The Bertz CT molecular complexity index is 528. The van der Waals surface area contributed by atoms with E-state index in [4.69, 9.17) is 9.47 Å². The van der Waals surface area contributed by atoms with Crippen molar-refractivity contribution < 1.29 is 19.1 Å². The number of benzene rings is 1. The van der Waals surface area contributed by atoms with Gasteiger partial charge in [0.2, 0.25) is 5.91 Å². The molecule has 2 rings (SSSR count). The molecule has 0 aliphatic carbocycles. The van der Waals surface area contributed by atoms with Crippen molar-refractivity contribution in [1.29, 1.82) is 0 Å². The van der Waals surface area contributed by atoms with Gasteiger partial charge >= 0.3 is 0 Å². The van der Waals surface area contributed by atoms with Gasteiger partial charge in [0.05, 0.1) is 11.8 Å². The summed E-state index contributed by atoms with van der Waals surface area (Å²) >= 11 is 0. The Hall–Kier alpha value is -2.08. The van der Waals surface area contributed by atoms with Crippen LogP contribution in [0.15, 0.2) is 18.2 Å². The van der Waals surface area contributed by atoms with Gasteiger partial charge < -0.3 is 20.1 Å². The molecule has 1 aromatic rings. The smallest absolute Gasteiger partial charge is 0.265 e. The lowest BCUT2D eigenvalue weighted by atomic mass is 10.2.